The number of carbonyl (C=O) groups excluding carboxylic acids is 1. The summed E-state index contributed by atoms with van der Waals surface area (Å²) >= 11 is 0. The molecular weight excluding hydrogens is 330 g/mol. The van der Waals surface area contributed by atoms with Crippen molar-refractivity contribution < 1.29 is 39.4 Å². The molecule has 1 aromatic rings. The minimum atomic E-state index is -2.85. The van der Waals surface area contributed by atoms with Gasteiger partial charge in [-0.25, -0.2) is 4.57 Å². The van der Waals surface area contributed by atoms with E-state index in [0.29, 0.717) is 0 Å². The van der Waals surface area contributed by atoms with Gasteiger partial charge in [0.1, 0.15) is 5.60 Å². The summed E-state index contributed by atoms with van der Waals surface area (Å²) in [4.78, 5) is 30.3. The first-order chi connectivity index (χ1) is 11.5. The van der Waals surface area contributed by atoms with E-state index < -0.39 is 36.4 Å². The minimum Gasteiger partial charge on any atom is -0.547 e. The van der Waals surface area contributed by atoms with Crippen molar-refractivity contribution in [3.05, 3.63) is 41.7 Å². The molecular formula is C17H23NO7. The summed E-state index contributed by atoms with van der Waals surface area (Å²) in [5, 5.41) is 35.5. The first-order valence-corrected chi connectivity index (χ1v) is 7.43. The number of pyridine rings is 1. The van der Waals surface area contributed by atoms with E-state index in [2.05, 4.69) is 55.9 Å². The van der Waals surface area contributed by atoms with Crippen LogP contribution in [0.4, 0.5) is 0 Å². The second-order valence-electron chi connectivity index (χ2n) is 5.81. The third-order valence-corrected chi connectivity index (χ3v) is 3.04. The molecule has 8 nitrogen and oxygen atoms in total. The maximum Gasteiger partial charge on any atom is 0.306 e. The smallest absolute Gasteiger partial charge is 0.306 e. The molecule has 1 aromatic heterocycles. The van der Waals surface area contributed by atoms with E-state index in [1.165, 1.54) is 11.1 Å². The molecule has 0 unspecified atom stereocenters. The maximum absolute atomic E-state index is 10.2. The first kappa shape index (κ1) is 22.3. The molecule has 0 atom stereocenters. The third-order valence-electron chi connectivity index (χ3n) is 3.04. The molecule has 0 aromatic carbocycles. The Bertz CT molecular complexity index is 615. The Morgan fingerprint density at radius 3 is 1.88 bits per heavy atom. The van der Waals surface area contributed by atoms with Crippen molar-refractivity contribution in [1.82, 2.24) is 0 Å². The fourth-order valence-electron chi connectivity index (χ4n) is 1.65. The molecule has 3 N–H and O–H groups in total. The van der Waals surface area contributed by atoms with Gasteiger partial charge in [0.15, 0.2) is 18.9 Å². The lowest BCUT2D eigenvalue weighted by Crippen LogP contribution is -2.51. The van der Waals surface area contributed by atoms with Gasteiger partial charge in [-0.3, -0.25) is 9.59 Å². The van der Waals surface area contributed by atoms with E-state index in [-0.39, 0.29) is 0 Å². The van der Waals surface area contributed by atoms with Crippen LogP contribution in [-0.4, -0.2) is 38.8 Å². The molecule has 0 amide bonds. The van der Waals surface area contributed by atoms with Crippen LogP contribution in [0.2, 0.25) is 0 Å². The number of rotatable bonds is 7. The SMILES string of the molecule is CC(C)=CC[n+]1ccc(C)cc1.O=C(O)CC(O)(CC(=O)O)C(=O)[O-]. The summed E-state index contributed by atoms with van der Waals surface area (Å²) in [6.45, 7) is 7.32. The Morgan fingerprint density at radius 2 is 1.56 bits per heavy atom. The number of aromatic nitrogens is 1. The van der Waals surface area contributed by atoms with Crippen LogP contribution in [0.15, 0.2) is 36.2 Å². The van der Waals surface area contributed by atoms with E-state index in [9.17, 15) is 19.5 Å². The second kappa shape index (κ2) is 10.2. The van der Waals surface area contributed by atoms with E-state index in [4.69, 9.17) is 15.3 Å². The molecule has 1 rings (SSSR count). The van der Waals surface area contributed by atoms with Crippen LogP contribution in [0.1, 0.15) is 32.3 Å². The lowest BCUT2D eigenvalue weighted by atomic mass is 9.96. The highest BCUT2D eigenvalue weighted by Crippen LogP contribution is 2.14. The van der Waals surface area contributed by atoms with Crippen molar-refractivity contribution in [3.63, 3.8) is 0 Å². The van der Waals surface area contributed by atoms with Gasteiger partial charge in [0.25, 0.3) is 0 Å². The first-order valence-electron chi connectivity index (χ1n) is 7.43. The molecule has 0 saturated carbocycles. The van der Waals surface area contributed by atoms with E-state index in [0.717, 1.165) is 6.54 Å². The molecule has 0 aliphatic carbocycles. The van der Waals surface area contributed by atoms with Crippen molar-refractivity contribution in [1.29, 1.82) is 0 Å². The summed E-state index contributed by atoms with van der Waals surface area (Å²) in [6, 6.07) is 4.25. The highest BCUT2D eigenvalue weighted by atomic mass is 16.4. The number of carboxylic acids is 3. The van der Waals surface area contributed by atoms with Crippen molar-refractivity contribution in [2.75, 3.05) is 0 Å². The van der Waals surface area contributed by atoms with Gasteiger partial charge in [0.2, 0.25) is 0 Å². The zero-order chi connectivity index (χ0) is 19.6. The Hall–Kier alpha value is -2.74. The quantitative estimate of drug-likeness (QED) is 0.450. The Morgan fingerprint density at radius 1 is 1.12 bits per heavy atom. The average molecular weight is 353 g/mol. The van der Waals surface area contributed by atoms with Crippen LogP contribution in [0.3, 0.4) is 0 Å². The molecule has 0 saturated heterocycles. The number of hydrogen-bond acceptors (Lipinski definition) is 5. The van der Waals surface area contributed by atoms with Gasteiger partial charge in [-0.05, 0) is 32.4 Å². The van der Waals surface area contributed by atoms with Crippen LogP contribution in [0.25, 0.3) is 0 Å². The molecule has 25 heavy (non-hydrogen) atoms. The Labute approximate surface area is 145 Å². The molecule has 8 heteroatoms. The Kier molecular flexibility index (Phi) is 9.08. The summed E-state index contributed by atoms with van der Waals surface area (Å²) < 4.78 is 2.17. The number of aliphatic hydroxyl groups is 1. The van der Waals surface area contributed by atoms with Crippen LogP contribution >= 0.6 is 0 Å². The van der Waals surface area contributed by atoms with E-state index in [1.54, 1.807) is 0 Å². The van der Waals surface area contributed by atoms with Crippen molar-refractivity contribution in [2.24, 2.45) is 0 Å². The maximum atomic E-state index is 10.2. The lowest BCUT2D eigenvalue weighted by Gasteiger charge is -2.25. The van der Waals surface area contributed by atoms with Crippen LogP contribution < -0.4 is 9.67 Å². The number of hydrogen-bond donors (Lipinski definition) is 3. The van der Waals surface area contributed by atoms with Crippen LogP contribution in [0, 0.1) is 6.92 Å². The molecule has 138 valence electrons. The van der Waals surface area contributed by atoms with Crippen LogP contribution in [0.5, 0.6) is 0 Å². The number of aliphatic carboxylic acids is 3. The molecule has 0 aliphatic heterocycles. The van der Waals surface area contributed by atoms with Gasteiger partial charge in [-0.2, -0.15) is 0 Å². The zero-order valence-electron chi connectivity index (χ0n) is 14.4. The largest absolute Gasteiger partial charge is 0.547 e. The number of nitrogens with zero attached hydrogens (tertiary/aromatic N) is 1. The lowest BCUT2D eigenvalue weighted by molar-refractivity contribution is -0.687. The second-order valence-corrected chi connectivity index (χ2v) is 5.81. The normalized spacial score (nSPS) is 10.2. The molecule has 0 radical (unpaired) electrons. The number of aryl methyl sites for hydroxylation is 1. The predicted octanol–water partition coefficient (Wildman–Crippen LogP) is -0.334. The topological polar surface area (TPSA) is 139 Å². The highest BCUT2D eigenvalue weighted by molar-refractivity contribution is 5.86. The van der Waals surface area contributed by atoms with Crippen molar-refractivity contribution >= 4 is 17.9 Å². The van der Waals surface area contributed by atoms with Crippen LogP contribution in [-0.2, 0) is 20.9 Å². The standard InChI is InChI=1S/C11H16N.C6H8O7/c1-10(2)4-7-12-8-5-11(3)6-9-12;7-3(8)1-6(13,5(11)12)2-4(9)10/h4-6,8-9H,7H2,1-3H3;13H,1-2H2,(H,7,8)(H,9,10)(H,11,12)/q+1;/p-1. The minimum absolute atomic E-state index is 0.975. The molecule has 0 spiro atoms. The molecule has 1 heterocycles. The monoisotopic (exact) mass is 353 g/mol. The highest BCUT2D eigenvalue weighted by Gasteiger charge is 2.34. The van der Waals surface area contributed by atoms with Gasteiger partial charge in [-0.1, -0.05) is 5.57 Å². The van der Waals surface area contributed by atoms with E-state index >= 15 is 0 Å². The van der Waals surface area contributed by atoms with Gasteiger partial charge in [0.05, 0.1) is 18.8 Å². The fraction of sp³-hybridized carbons (Fsp3) is 0.412. The summed E-state index contributed by atoms with van der Waals surface area (Å²) in [5.41, 5.74) is -0.177. The third kappa shape index (κ3) is 9.87. The van der Waals surface area contributed by atoms with Crippen molar-refractivity contribution in [2.45, 2.75) is 45.8 Å². The summed E-state index contributed by atoms with van der Waals surface area (Å²) in [5.74, 6) is -5.35. The van der Waals surface area contributed by atoms with Gasteiger partial charge in [-0.15, -0.1) is 0 Å². The summed E-state index contributed by atoms with van der Waals surface area (Å²) in [6.07, 6.45) is 4.02. The van der Waals surface area contributed by atoms with Crippen molar-refractivity contribution in [3.8, 4) is 0 Å². The van der Waals surface area contributed by atoms with E-state index in [1.807, 2.05) is 0 Å². The van der Waals surface area contributed by atoms with Gasteiger partial charge >= 0.3 is 11.9 Å². The number of carboxylic acid groups (broad SMARTS) is 3. The fourth-order valence-corrected chi connectivity index (χ4v) is 1.65. The van der Waals surface area contributed by atoms with Gasteiger partial charge < -0.3 is 25.2 Å². The molecule has 0 bridgehead atoms. The zero-order valence-corrected chi connectivity index (χ0v) is 14.4. The summed E-state index contributed by atoms with van der Waals surface area (Å²) in [7, 11) is 0. The number of allylic oxidation sites excluding steroid dienone is 2. The number of carbonyl (C=O) groups is 3. The molecule has 0 fully saturated rings. The van der Waals surface area contributed by atoms with Gasteiger partial charge in [0, 0.05) is 12.1 Å². The predicted molar refractivity (Wildman–Crippen MR) is 85.3 cm³/mol. The molecule has 0 aliphatic rings. The Balaban J connectivity index is 0.000000462. The average Bonchev–Trinajstić information content (AvgIpc) is 2.45.